The number of hydrogen-bond acceptors (Lipinski definition) is 4. The maximum Gasteiger partial charge on any atom is 0.244 e. The molecule has 0 N–H and O–H groups in total. The number of piperazine rings is 1. The highest BCUT2D eigenvalue weighted by molar-refractivity contribution is 9.10. The molecule has 31 heavy (non-hydrogen) atoms. The van der Waals surface area contributed by atoms with Crippen molar-refractivity contribution in [1.29, 1.82) is 0 Å². The van der Waals surface area contributed by atoms with Crippen LogP contribution in [-0.4, -0.2) is 51.4 Å². The Morgan fingerprint density at radius 1 is 1.00 bits per heavy atom. The summed E-state index contributed by atoms with van der Waals surface area (Å²) in [6, 6.07) is 11.2. The molecule has 0 bridgehead atoms. The number of carbonyl (C=O) groups is 1. The van der Waals surface area contributed by atoms with Gasteiger partial charge < -0.3 is 9.80 Å². The summed E-state index contributed by atoms with van der Waals surface area (Å²) in [5.74, 6) is 0.227. The molecule has 0 atom stereocenters. The van der Waals surface area contributed by atoms with Crippen LogP contribution in [0, 0.1) is 5.92 Å². The number of nitrogens with zero attached hydrogens (tertiary/aromatic N) is 3. The third-order valence-corrected chi connectivity index (χ3v) is 9.45. The van der Waals surface area contributed by atoms with Crippen molar-refractivity contribution in [2.24, 2.45) is 5.92 Å². The Bertz CT molecular complexity index is 1140. The van der Waals surface area contributed by atoms with Gasteiger partial charge in [0.15, 0.2) is 0 Å². The lowest BCUT2D eigenvalue weighted by molar-refractivity contribution is -0.119. The molecule has 0 aromatic heterocycles. The molecule has 2 aromatic rings. The van der Waals surface area contributed by atoms with Crippen molar-refractivity contribution >= 4 is 54.8 Å². The zero-order chi connectivity index (χ0) is 21.8. The Labute approximate surface area is 195 Å². The molecule has 2 aliphatic heterocycles. The number of halogens is 2. The second-order valence-electron chi connectivity index (χ2n) is 8.27. The summed E-state index contributed by atoms with van der Waals surface area (Å²) in [6.07, 6.45) is 2.62. The van der Waals surface area contributed by atoms with Gasteiger partial charge in [0.2, 0.25) is 15.9 Å². The molecule has 2 aromatic carbocycles. The van der Waals surface area contributed by atoms with E-state index in [9.17, 15) is 13.2 Å². The van der Waals surface area contributed by atoms with Crippen LogP contribution < -0.4 is 9.80 Å². The van der Waals surface area contributed by atoms with Crippen molar-refractivity contribution in [1.82, 2.24) is 4.31 Å². The summed E-state index contributed by atoms with van der Waals surface area (Å²) in [5, 5.41) is 0.667. The fourth-order valence-electron chi connectivity index (χ4n) is 4.38. The number of fused-ring (bicyclic) bond motifs is 1. The van der Waals surface area contributed by atoms with E-state index in [2.05, 4.69) is 20.8 Å². The van der Waals surface area contributed by atoms with Crippen molar-refractivity contribution in [2.75, 3.05) is 42.5 Å². The van der Waals surface area contributed by atoms with E-state index in [1.54, 1.807) is 11.0 Å². The van der Waals surface area contributed by atoms with E-state index in [1.165, 1.54) is 4.31 Å². The van der Waals surface area contributed by atoms with E-state index in [1.807, 2.05) is 30.3 Å². The first kappa shape index (κ1) is 21.2. The Kier molecular flexibility index (Phi) is 5.53. The fourth-order valence-corrected chi connectivity index (χ4v) is 7.13. The van der Waals surface area contributed by atoms with Crippen molar-refractivity contribution < 1.29 is 13.2 Å². The lowest BCUT2D eigenvalue weighted by Gasteiger charge is -2.36. The van der Waals surface area contributed by atoms with E-state index in [0.717, 1.165) is 36.2 Å². The third-order valence-electron chi connectivity index (χ3n) is 6.27. The van der Waals surface area contributed by atoms with Crippen LogP contribution in [0.1, 0.15) is 18.4 Å². The summed E-state index contributed by atoms with van der Waals surface area (Å²) in [4.78, 5) is 16.8. The minimum Gasteiger partial charge on any atom is -0.368 e. The number of para-hydroxylation sites is 1. The normalized spacial score (nSPS) is 19.5. The number of hydrogen-bond donors (Lipinski definition) is 0. The van der Waals surface area contributed by atoms with E-state index in [4.69, 9.17) is 11.6 Å². The van der Waals surface area contributed by atoms with Gasteiger partial charge in [-0.15, -0.1) is 0 Å². The molecule has 1 saturated carbocycles. The van der Waals surface area contributed by atoms with Crippen LogP contribution in [0.15, 0.2) is 45.8 Å². The number of benzene rings is 2. The van der Waals surface area contributed by atoms with Gasteiger partial charge in [0.1, 0.15) is 0 Å². The van der Waals surface area contributed by atoms with Crippen LogP contribution in [0.3, 0.4) is 0 Å². The molecule has 1 saturated heterocycles. The molecule has 2 fully saturated rings. The second-order valence-corrected chi connectivity index (χ2v) is 11.4. The van der Waals surface area contributed by atoms with Crippen LogP contribution in [0.2, 0.25) is 5.02 Å². The zero-order valence-electron chi connectivity index (χ0n) is 16.9. The second kappa shape index (κ2) is 8.06. The van der Waals surface area contributed by atoms with E-state index in [-0.39, 0.29) is 16.7 Å². The Hall–Kier alpha value is -1.61. The minimum absolute atomic E-state index is 0.104. The Morgan fingerprint density at radius 3 is 2.39 bits per heavy atom. The number of sulfonamides is 1. The molecule has 2 heterocycles. The standard InChI is InChI=1S/C22H23BrClN3O3S/c23-17-13-16-7-8-27(22(28)15-5-6-15)20(16)14-21(17)31(29,30)26-11-9-25(10-12-26)19-4-2-1-3-18(19)24/h1-4,13-15H,5-12H2. The number of amides is 1. The van der Waals surface area contributed by atoms with Crippen molar-refractivity contribution in [2.45, 2.75) is 24.2 Å². The summed E-state index contributed by atoms with van der Waals surface area (Å²) in [5.41, 5.74) is 2.69. The maximum absolute atomic E-state index is 13.5. The molecule has 5 rings (SSSR count). The first-order chi connectivity index (χ1) is 14.9. The monoisotopic (exact) mass is 523 g/mol. The Balaban J connectivity index is 1.38. The van der Waals surface area contributed by atoms with E-state index in [0.29, 0.717) is 42.2 Å². The van der Waals surface area contributed by atoms with Gasteiger partial charge in [0, 0.05) is 48.8 Å². The molecular weight excluding hydrogens is 502 g/mol. The predicted molar refractivity (Wildman–Crippen MR) is 125 cm³/mol. The van der Waals surface area contributed by atoms with Crippen LogP contribution in [0.25, 0.3) is 0 Å². The average Bonchev–Trinajstić information content (AvgIpc) is 3.53. The summed E-state index contributed by atoms with van der Waals surface area (Å²) >= 11 is 9.78. The highest BCUT2D eigenvalue weighted by Crippen LogP contribution is 2.40. The maximum atomic E-state index is 13.5. The number of rotatable bonds is 4. The third kappa shape index (κ3) is 3.88. The van der Waals surface area contributed by atoms with Gasteiger partial charge in [-0.1, -0.05) is 23.7 Å². The lowest BCUT2D eigenvalue weighted by atomic mass is 10.2. The van der Waals surface area contributed by atoms with Crippen LogP contribution in [-0.2, 0) is 21.2 Å². The van der Waals surface area contributed by atoms with Crippen LogP contribution in [0.4, 0.5) is 11.4 Å². The molecule has 164 valence electrons. The van der Waals surface area contributed by atoms with Gasteiger partial charge >= 0.3 is 0 Å². The predicted octanol–water partition coefficient (Wildman–Crippen LogP) is 3.91. The largest absolute Gasteiger partial charge is 0.368 e. The molecule has 1 amide bonds. The van der Waals surface area contributed by atoms with E-state index >= 15 is 0 Å². The molecular formula is C22H23BrClN3O3S. The van der Waals surface area contributed by atoms with E-state index < -0.39 is 10.0 Å². The molecule has 3 aliphatic rings. The van der Waals surface area contributed by atoms with Gasteiger partial charge in [0.25, 0.3) is 0 Å². The molecule has 6 nitrogen and oxygen atoms in total. The number of carbonyl (C=O) groups excluding carboxylic acids is 1. The summed E-state index contributed by atoms with van der Waals surface area (Å²) in [7, 11) is -3.69. The quantitative estimate of drug-likeness (QED) is 0.608. The zero-order valence-corrected chi connectivity index (χ0v) is 20.1. The first-order valence-electron chi connectivity index (χ1n) is 10.5. The highest BCUT2D eigenvalue weighted by Gasteiger charge is 2.38. The molecule has 9 heteroatoms. The summed E-state index contributed by atoms with van der Waals surface area (Å²) < 4.78 is 29.1. The smallest absolute Gasteiger partial charge is 0.244 e. The van der Waals surface area contributed by atoms with Crippen LogP contribution in [0.5, 0.6) is 0 Å². The van der Waals surface area contributed by atoms with Gasteiger partial charge in [-0.05, 0) is 65.0 Å². The molecule has 0 radical (unpaired) electrons. The molecule has 0 spiro atoms. The van der Waals surface area contributed by atoms with Crippen molar-refractivity contribution in [3.63, 3.8) is 0 Å². The fraction of sp³-hybridized carbons (Fsp3) is 0.409. The van der Waals surface area contributed by atoms with Crippen LogP contribution >= 0.6 is 27.5 Å². The lowest BCUT2D eigenvalue weighted by Crippen LogP contribution is -2.48. The average molecular weight is 525 g/mol. The molecule has 1 aliphatic carbocycles. The first-order valence-corrected chi connectivity index (χ1v) is 13.1. The highest BCUT2D eigenvalue weighted by atomic mass is 79.9. The van der Waals surface area contributed by atoms with Gasteiger partial charge in [-0.25, -0.2) is 8.42 Å². The van der Waals surface area contributed by atoms with Crippen molar-refractivity contribution in [3.05, 3.63) is 51.5 Å². The van der Waals surface area contributed by atoms with Crippen molar-refractivity contribution in [3.8, 4) is 0 Å². The molecule has 0 unspecified atom stereocenters. The SMILES string of the molecule is O=C(C1CC1)N1CCc2cc(Br)c(S(=O)(=O)N3CCN(c4ccccc4Cl)CC3)cc21. The number of anilines is 2. The van der Waals surface area contributed by atoms with Gasteiger partial charge in [0.05, 0.1) is 15.6 Å². The summed E-state index contributed by atoms with van der Waals surface area (Å²) in [6.45, 7) is 2.51. The minimum atomic E-state index is -3.69. The van der Waals surface area contributed by atoms with Gasteiger partial charge in [-0.2, -0.15) is 4.31 Å². The van der Waals surface area contributed by atoms with Gasteiger partial charge in [-0.3, -0.25) is 4.79 Å². The topological polar surface area (TPSA) is 60.9 Å². The Morgan fingerprint density at radius 2 is 1.71 bits per heavy atom.